The summed E-state index contributed by atoms with van der Waals surface area (Å²) < 4.78 is 10.4. The average molecular weight is 349 g/mol. The van der Waals surface area contributed by atoms with E-state index in [1.54, 1.807) is 0 Å². The molecule has 0 fully saturated rings. The van der Waals surface area contributed by atoms with Crippen molar-refractivity contribution in [3.63, 3.8) is 0 Å². The van der Waals surface area contributed by atoms with Gasteiger partial charge in [0, 0.05) is 0 Å². The molecule has 0 aromatic heterocycles. The number of ether oxygens (including phenoxy) is 1. The van der Waals surface area contributed by atoms with Gasteiger partial charge in [0.25, 0.3) is 0 Å². The van der Waals surface area contributed by atoms with Crippen molar-refractivity contribution in [1.82, 2.24) is 0 Å². The first kappa shape index (κ1) is 13.7. The molecule has 3 aromatic rings. The van der Waals surface area contributed by atoms with Gasteiger partial charge in [0.2, 0.25) is 0 Å². The van der Waals surface area contributed by atoms with Crippen LogP contribution in [0.5, 0.6) is 11.5 Å². The van der Waals surface area contributed by atoms with Crippen LogP contribution < -0.4 is 17.8 Å². The Balaban J connectivity index is 2.06. The molecule has 1 nitrogen and oxygen atoms in total. The van der Waals surface area contributed by atoms with E-state index in [0.717, 1.165) is 11.5 Å². The molecule has 0 N–H and O–H groups in total. The fraction of sp³-hybridized carbons (Fsp3) is 0.100. The summed E-state index contributed by atoms with van der Waals surface area (Å²) in [5.74, 6) is 2.05. The zero-order valence-electron chi connectivity index (χ0n) is 12.8. The topological polar surface area (TPSA) is 9.23 Å². The molecule has 0 amide bonds. The number of hydrogen-bond donors (Lipinski definition) is 0. The van der Waals surface area contributed by atoms with Crippen LogP contribution in [-0.2, 0) is 0 Å². The molecule has 109 valence electrons. The molecule has 0 atom stereocenters. The predicted octanol–water partition coefficient (Wildman–Crippen LogP) is 3.20. The minimum atomic E-state index is -2.44. The molecule has 4 rings (SSSR count). The van der Waals surface area contributed by atoms with Gasteiger partial charge in [0.1, 0.15) is 0 Å². The van der Waals surface area contributed by atoms with Gasteiger partial charge in [-0.2, -0.15) is 0 Å². The zero-order valence-corrected chi connectivity index (χ0v) is 14.7. The Morgan fingerprint density at radius 1 is 0.727 bits per heavy atom. The summed E-state index contributed by atoms with van der Waals surface area (Å²) in [4.78, 5) is 0. The molecule has 1 aliphatic heterocycles. The van der Waals surface area contributed by atoms with Crippen molar-refractivity contribution in [2.45, 2.75) is 12.6 Å². The molecule has 1 aliphatic rings. The van der Waals surface area contributed by atoms with E-state index in [2.05, 4.69) is 85.4 Å². The number of para-hydroxylation sites is 2. The van der Waals surface area contributed by atoms with Crippen molar-refractivity contribution < 1.29 is 4.74 Å². The van der Waals surface area contributed by atoms with Crippen molar-refractivity contribution in [2.24, 2.45) is 0 Å². The Morgan fingerprint density at radius 2 is 1.32 bits per heavy atom. The van der Waals surface area contributed by atoms with Crippen LogP contribution in [0.1, 0.15) is 5.56 Å². The van der Waals surface area contributed by atoms with Crippen LogP contribution >= 0.6 is 0 Å². The summed E-state index contributed by atoms with van der Waals surface area (Å²) in [6.45, 7) is 2.17. The molecular formula is C20H18AsO. The van der Waals surface area contributed by atoms with Gasteiger partial charge in [-0.05, 0) is 0 Å². The number of benzene rings is 3. The summed E-state index contributed by atoms with van der Waals surface area (Å²) in [7, 11) is 0. The molecule has 0 spiro atoms. The van der Waals surface area contributed by atoms with E-state index >= 15 is 0 Å². The van der Waals surface area contributed by atoms with Gasteiger partial charge in [-0.1, -0.05) is 0 Å². The monoisotopic (exact) mass is 349 g/mol. The normalized spacial score (nSPS) is 14.6. The van der Waals surface area contributed by atoms with E-state index in [-0.39, 0.29) is 0 Å². The van der Waals surface area contributed by atoms with Crippen molar-refractivity contribution in [3.8, 4) is 11.5 Å². The summed E-state index contributed by atoms with van der Waals surface area (Å²) in [5.41, 5.74) is 3.79. The molecule has 3 aromatic carbocycles. The van der Waals surface area contributed by atoms with E-state index < -0.39 is 13.6 Å². The third kappa shape index (κ3) is 1.93. The molecule has 0 bridgehead atoms. The summed E-state index contributed by atoms with van der Waals surface area (Å²) in [5, 5.41) is 0. The number of hydrogen-bond acceptors (Lipinski definition) is 1. The second-order valence-electron chi connectivity index (χ2n) is 5.88. The van der Waals surface area contributed by atoms with Crippen molar-refractivity contribution in [2.75, 3.05) is 0 Å². The van der Waals surface area contributed by atoms with Gasteiger partial charge < -0.3 is 0 Å². The summed E-state index contributed by atoms with van der Waals surface area (Å²) in [6.07, 6.45) is 0. The standard InChI is InChI=1S/C20H18AsO/c1-15-8-7-9-16(14-15)21(2)17-10-3-5-12-19(17)22-20-13-6-4-11-18(20)21/h3-14H,1-2H3. The fourth-order valence-corrected chi connectivity index (χ4v) is 10.7. The average Bonchev–Trinajstić information content (AvgIpc) is 2.55. The summed E-state index contributed by atoms with van der Waals surface area (Å²) in [6, 6.07) is 26.1. The van der Waals surface area contributed by atoms with Crippen LogP contribution in [-0.4, -0.2) is 13.6 Å². The second kappa shape index (κ2) is 5.04. The Hall–Kier alpha value is -1.98. The zero-order chi connectivity index (χ0) is 15.2. The maximum atomic E-state index is 6.17. The van der Waals surface area contributed by atoms with E-state index in [9.17, 15) is 0 Å². The molecular weight excluding hydrogens is 331 g/mol. The molecule has 22 heavy (non-hydrogen) atoms. The first-order valence-electron chi connectivity index (χ1n) is 7.50. The van der Waals surface area contributed by atoms with Crippen molar-refractivity contribution >= 4 is 26.6 Å². The second-order valence-corrected chi connectivity index (χ2v) is 13.2. The van der Waals surface area contributed by atoms with Gasteiger partial charge in [0.05, 0.1) is 0 Å². The molecule has 0 saturated heterocycles. The van der Waals surface area contributed by atoms with E-state index in [0.29, 0.717) is 0 Å². The van der Waals surface area contributed by atoms with Gasteiger partial charge >= 0.3 is 134 Å². The van der Waals surface area contributed by atoms with Gasteiger partial charge in [-0.15, -0.1) is 0 Å². The maximum absolute atomic E-state index is 6.17. The van der Waals surface area contributed by atoms with Gasteiger partial charge in [0.15, 0.2) is 0 Å². The van der Waals surface area contributed by atoms with Crippen molar-refractivity contribution in [3.05, 3.63) is 78.4 Å². The molecule has 1 radical (unpaired) electrons. The molecule has 0 saturated carbocycles. The number of fused-ring (bicyclic) bond motifs is 2. The van der Waals surface area contributed by atoms with Crippen LogP contribution in [0.4, 0.5) is 0 Å². The van der Waals surface area contributed by atoms with E-state index in [4.69, 9.17) is 4.74 Å². The van der Waals surface area contributed by atoms with Crippen LogP contribution in [0.3, 0.4) is 0 Å². The fourth-order valence-electron chi connectivity index (χ4n) is 3.26. The van der Waals surface area contributed by atoms with Crippen LogP contribution in [0, 0.1) is 6.92 Å². The van der Waals surface area contributed by atoms with Gasteiger partial charge in [-0.3, -0.25) is 0 Å². The minimum absolute atomic E-state index is 1.03. The molecule has 2 heteroatoms. The first-order valence-corrected chi connectivity index (χ1v) is 12.2. The van der Waals surface area contributed by atoms with E-state index in [1.807, 2.05) is 0 Å². The molecule has 0 aliphatic carbocycles. The number of rotatable bonds is 1. The Labute approximate surface area is 134 Å². The molecule has 1 heterocycles. The van der Waals surface area contributed by atoms with Crippen LogP contribution in [0.2, 0.25) is 5.71 Å². The molecule has 0 unspecified atom stereocenters. The third-order valence-electron chi connectivity index (χ3n) is 4.43. The number of aryl methyl sites for hydroxylation is 1. The summed E-state index contributed by atoms with van der Waals surface area (Å²) >= 11 is -2.44. The van der Waals surface area contributed by atoms with E-state index in [1.165, 1.54) is 18.6 Å². The first-order chi connectivity index (χ1) is 10.7. The van der Waals surface area contributed by atoms with Crippen LogP contribution in [0.15, 0.2) is 72.8 Å². The van der Waals surface area contributed by atoms with Crippen LogP contribution in [0.25, 0.3) is 0 Å². The quantitative estimate of drug-likeness (QED) is 0.613. The Morgan fingerprint density at radius 3 is 1.91 bits per heavy atom. The Bertz CT molecular complexity index is 808. The Kier molecular flexibility index (Phi) is 3.13. The predicted molar refractivity (Wildman–Crippen MR) is 94.7 cm³/mol. The SMILES string of the molecule is Cc1cccc([As]2(C)c3ccccc3Oc3ccccc32)c1. The van der Waals surface area contributed by atoms with Crippen molar-refractivity contribution in [1.29, 1.82) is 0 Å². The van der Waals surface area contributed by atoms with Gasteiger partial charge in [-0.25, -0.2) is 0 Å². The third-order valence-corrected chi connectivity index (χ3v) is 12.8.